The van der Waals surface area contributed by atoms with Crippen molar-refractivity contribution in [2.45, 2.75) is 0 Å². The van der Waals surface area contributed by atoms with Crippen molar-refractivity contribution in [1.82, 2.24) is 15.0 Å². The van der Waals surface area contributed by atoms with E-state index in [1.165, 1.54) is 0 Å². The van der Waals surface area contributed by atoms with E-state index in [1.54, 1.807) is 30.7 Å². The topological polar surface area (TPSA) is 81.8 Å². The van der Waals surface area contributed by atoms with E-state index in [-0.39, 0.29) is 5.69 Å². The molecule has 2 N–H and O–H groups in total. The average Bonchev–Trinajstić information content (AvgIpc) is 2.56. The zero-order chi connectivity index (χ0) is 14.7. The number of hydrogen-bond donors (Lipinski definition) is 1. The highest BCUT2D eigenvalue weighted by Crippen LogP contribution is 2.28. The molecule has 3 aromatic rings. The van der Waals surface area contributed by atoms with E-state index in [1.807, 2.05) is 30.3 Å². The Bertz CT molecular complexity index is 773. The number of primary amides is 1. The third-order valence-corrected chi connectivity index (χ3v) is 3.02. The minimum absolute atomic E-state index is 0.216. The molecule has 0 aliphatic rings. The van der Waals surface area contributed by atoms with E-state index in [9.17, 15) is 4.79 Å². The SMILES string of the molecule is NC(=O)c1ccc(-c2ccccn2)c(-c2cccnc2)n1. The number of carbonyl (C=O) groups excluding carboxylic acids is 1. The largest absolute Gasteiger partial charge is 0.364 e. The highest BCUT2D eigenvalue weighted by Gasteiger charge is 2.13. The van der Waals surface area contributed by atoms with Gasteiger partial charge in [0.2, 0.25) is 0 Å². The summed E-state index contributed by atoms with van der Waals surface area (Å²) in [7, 11) is 0. The van der Waals surface area contributed by atoms with Crippen molar-refractivity contribution in [3.63, 3.8) is 0 Å². The van der Waals surface area contributed by atoms with Crippen molar-refractivity contribution in [2.75, 3.05) is 0 Å². The first kappa shape index (κ1) is 12.9. The van der Waals surface area contributed by atoms with Gasteiger partial charge in [-0.25, -0.2) is 4.98 Å². The van der Waals surface area contributed by atoms with Crippen molar-refractivity contribution >= 4 is 5.91 Å². The number of aromatic nitrogens is 3. The third-order valence-electron chi connectivity index (χ3n) is 3.02. The van der Waals surface area contributed by atoms with Gasteiger partial charge in [-0.05, 0) is 36.4 Å². The summed E-state index contributed by atoms with van der Waals surface area (Å²) in [6.07, 6.45) is 5.09. The Labute approximate surface area is 121 Å². The van der Waals surface area contributed by atoms with Crippen molar-refractivity contribution < 1.29 is 4.79 Å². The van der Waals surface area contributed by atoms with Crippen molar-refractivity contribution in [1.29, 1.82) is 0 Å². The monoisotopic (exact) mass is 276 g/mol. The Balaban J connectivity index is 2.23. The van der Waals surface area contributed by atoms with Crippen LogP contribution in [0.3, 0.4) is 0 Å². The molecule has 5 nitrogen and oxygen atoms in total. The first-order chi connectivity index (χ1) is 10.3. The molecule has 0 unspecified atom stereocenters. The van der Waals surface area contributed by atoms with Crippen molar-refractivity contribution in [3.8, 4) is 22.5 Å². The van der Waals surface area contributed by atoms with Crippen LogP contribution in [0.15, 0.2) is 61.1 Å². The van der Waals surface area contributed by atoms with Gasteiger partial charge in [-0.3, -0.25) is 14.8 Å². The van der Waals surface area contributed by atoms with Crippen LogP contribution in [0.25, 0.3) is 22.5 Å². The number of amides is 1. The Kier molecular flexibility index (Phi) is 3.39. The number of rotatable bonds is 3. The Morgan fingerprint density at radius 1 is 1.00 bits per heavy atom. The summed E-state index contributed by atoms with van der Waals surface area (Å²) in [6.45, 7) is 0. The van der Waals surface area contributed by atoms with Crippen LogP contribution in [0.1, 0.15) is 10.5 Å². The van der Waals surface area contributed by atoms with Crippen molar-refractivity contribution in [2.24, 2.45) is 5.73 Å². The fourth-order valence-electron chi connectivity index (χ4n) is 2.05. The van der Waals surface area contributed by atoms with Gasteiger partial charge >= 0.3 is 0 Å². The fourth-order valence-corrected chi connectivity index (χ4v) is 2.05. The lowest BCUT2D eigenvalue weighted by atomic mass is 10.0. The van der Waals surface area contributed by atoms with Crippen LogP contribution in [0.4, 0.5) is 0 Å². The molecule has 5 heteroatoms. The zero-order valence-electron chi connectivity index (χ0n) is 11.1. The molecule has 0 spiro atoms. The number of nitrogens with zero attached hydrogens (tertiary/aromatic N) is 3. The lowest BCUT2D eigenvalue weighted by Crippen LogP contribution is -2.13. The second-order valence-electron chi connectivity index (χ2n) is 4.41. The van der Waals surface area contributed by atoms with E-state index in [4.69, 9.17) is 5.73 Å². The summed E-state index contributed by atoms with van der Waals surface area (Å²) in [5.74, 6) is -0.562. The van der Waals surface area contributed by atoms with E-state index in [0.29, 0.717) is 5.69 Å². The van der Waals surface area contributed by atoms with Gasteiger partial charge in [-0.2, -0.15) is 0 Å². The first-order valence-corrected chi connectivity index (χ1v) is 6.38. The summed E-state index contributed by atoms with van der Waals surface area (Å²) in [5.41, 5.74) is 8.58. The quantitative estimate of drug-likeness (QED) is 0.795. The second kappa shape index (κ2) is 5.50. The predicted octanol–water partition coefficient (Wildman–Crippen LogP) is 2.30. The summed E-state index contributed by atoms with van der Waals surface area (Å²) in [5, 5.41) is 0. The number of hydrogen-bond acceptors (Lipinski definition) is 4. The molecular weight excluding hydrogens is 264 g/mol. The lowest BCUT2D eigenvalue weighted by Gasteiger charge is -2.09. The van der Waals surface area contributed by atoms with Gasteiger partial charge in [0.05, 0.1) is 11.4 Å². The Morgan fingerprint density at radius 2 is 1.90 bits per heavy atom. The predicted molar refractivity (Wildman–Crippen MR) is 79.2 cm³/mol. The molecule has 0 aromatic carbocycles. The van der Waals surface area contributed by atoms with Gasteiger partial charge < -0.3 is 5.73 Å². The zero-order valence-corrected chi connectivity index (χ0v) is 11.1. The molecule has 0 atom stereocenters. The van der Waals surface area contributed by atoms with Crippen molar-refractivity contribution in [3.05, 3.63) is 66.7 Å². The van der Waals surface area contributed by atoms with Crippen LogP contribution >= 0.6 is 0 Å². The lowest BCUT2D eigenvalue weighted by molar-refractivity contribution is 0.0995. The number of nitrogens with two attached hydrogens (primary N) is 1. The Morgan fingerprint density at radius 3 is 2.57 bits per heavy atom. The molecule has 102 valence electrons. The minimum atomic E-state index is -0.562. The van der Waals surface area contributed by atoms with Crippen LogP contribution in [0.2, 0.25) is 0 Å². The maximum Gasteiger partial charge on any atom is 0.267 e. The molecule has 0 radical (unpaired) electrons. The Hall–Kier alpha value is -3.08. The highest BCUT2D eigenvalue weighted by atomic mass is 16.1. The second-order valence-corrected chi connectivity index (χ2v) is 4.41. The van der Waals surface area contributed by atoms with Gasteiger partial charge in [0, 0.05) is 29.7 Å². The van der Waals surface area contributed by atoms with E-state index < -0.39 is 5.91 Å². The maximum absolute atomic E-state index is 11.4. The molecule has 21 heavy (non-hydrogen) atoms. The molecule has 3 rings (SSSR count). The van der Waals surface area contributed by atoms with Gasteiger partial charge in [0.25, 0.3) is 5.91 Å². The highest BCUT2D eigenvalue weighted by molar-refractivity contribution is 5.92. The molecule has 0 saturated carbocycles. The summed E-state index contributed by atoms with van der Waals surface area (Å²) in [6, 6.07) is 12.7. The molecule has 0 aliphatic heterocycles. The maximum atomic E-state index is 11.4. The number of carbonyl (C=O) groups is 1. The molecule has 0 aliphatic carbocycles. The normalized spacial score (nSPS) is 10.3. The molecule has 0 bridgehead atoms. The van der Waals surface area contributed by atoms with Gasteiger partial charge in [0.1, 0.15) is 5.69 Å². The van der Waals surface area contributed by atoms with Gasteiger partial charge in [0.15, 0.2) is 0 Å². The fraction of sp³-hybridized carbons (Fsp3) is 0. The molecule has 0 fully saturated rings. The van der Waals surface area contributed by atoms with E-state index in [2.05, 4.69) is 15.0 Å². The van der Waals surface area contributed by atoms with E-state index in [0.717, 1.165) is 16.8 Å². The van der Waals surface area contributed by atoms with Crippen LogP contribution < -0.4 is 5.73 Å². The summed E-state index contributed by atoms with van der Waals surface area (Å²) >= 11 is 0. The van der Waals surface area contributed by atoms with Crippen LogP contribution in [-0.4, -0.2) is 20.9 Å². The van der Waals surface area contributed by atoms with Crippen LogP contribution in [0.5, 0.6) is 0 Å². The molecule has 3 heterocycles. The standard InChI is InChI=1S/C16H12N4O/c17-16(21)14-7-6-12(13-5-1-2-9-19-13)15(20-14)11-4-3-8-18-10-11/h1-10H,(H2,17,21). The van der Waals surface area contributed by atoms with Gasteiger partial charge in [-0.15, -0.1) is 0 Å². The van der Waals surface area contributed by atoms with Gasteiger partial charge in [-0.1, -0.05) is 6.07 Å². The third kappa shape index (κ3) is 2.62. The summed E-state index contributed by atoms with van der Waals surface area (Å²) < 4.78 is 0. The van der Waals surface area contributed by atoms with Crippen LogP contribution in [0, 0.1) is 0 Å². The molecular formula is C16H12N4O. The molecule has 3 aromatic heterocycles. The molecule has 0 saturated heterocycles. The van der Waals surface area contributed by atoms with E-state index >= 15 is 0 Å². The minimum Gasteiger partial charge on any atom is -0.364 e. The summed E-state index contributed by atoms with van der Waals surface area (Å²) in [4.78, 5) is 24.2. The number of pyridine rings is 3. The van der Waals surface area contributed by atoms with Crippen LogP contribution in [-0.2, 0) is 0 Å². The average molecular weight is 276 g/mol. The molecule has 1 amide bonds. The first-order valence-electron chi connectivity index (χ1n) is 6.38. The smallest absolute Gasteiger partial charge is 0.267 e.